The molecule has 7 heteroatoms. The highest BCUT2D eigenvalue weighted by atomic mass is 16.2. The molecule has 2 aromatic carbocycles. The van der Waals surface area contributed by atoms with Crippen LogP contribution in [0.1, 0.15) is 11.7 Å². The molecule has 1 unspecified atom stereocenters. The van der Waals surface area contributed by atoms with E-state index in [2.05, 4.69) is 20.7 Å². The first kappa shape index (κ1) is 16.8. The van der Waals surface area contributed by atoms with Crippen LogP contribution in [0.15, 0.2) is 71.9 Å². The number of likely N-dealkylation sites (N-methyl/N-ethyl adjacent to an activating group) is 1. The van der Waals surface area contributed by atoms with E-state index >= 15 is 0 Å². The van der Waals surface area contributed by atoms with Crippen molar-refractivity contribution in [1.29, 1.82) is 0 Å². The van der Waals surface area contributed by atoms with Crippen LogP contribution in [-0.4, -0.2) is 29.1 Å². The van der Waals surface area contributed by atoms with Crippen LogP contribution in [-0.2, 0) is 11.3 Å². The third-order valence-electron chi connectivity index (χ3n) is 4.46. The molecular weight excluding hydrogens is 340 g/mol. The minimum absolute atomic E-state index is 0.178. The van der Waals surface area contributed by atoms with Gasteiger partial charge in [-0.2, -0.15) is 5.10 Å². The number of para-hydroxylation sites is 2. The first-order valence-corrected chi connectivity index (χ1v) is 8.69. The molecule has 136 valence electrons. The smallest absolute Gasteiger partial charge is 0.269 e. The molecule has 1 atom stereocenters. The zero-order chi connectivity index (χ0) is 18.6. The third-order valence-corrected chi connectivity index (χ3v) is 4.46. The van der Waals surface area contributed by atoms with Gasteiger partial charge in [0.2, 0.25) is 6.17 Å². The summed E-state index contributed by atoms with van der Waals surface area (Å²) in [5.41, 5.74) is 2.61. The number of amides is 1. The molecule has 0 saturated carbocycles. The molecule has 1 aliphatic rings. The average molecular weight is 360 g/mol. The molecule has 0 bridgehead atoms. The van der Waals surface area contributed by atoms with Gasteiger partial charge in [0.1, 0.15) is 5.82 Å². The van der Waals surface area contributed by atoms with Gasteiger partial charge in [-0.25, -0.2) is 4.68 Å². The molecule has 2 heterocycles. The summed E-state index contributed by atoms with van der Waals surface area (Å²) in [6.45, 7) is 0.546. The number of carbonyl (C=O) groups excluding carboxylic acids is 1. The summed E-state index contributed by atoms with van der Waals surface area (Å²) >= 11 is 0. The fourth-order valence-corrected chi connectivity index (χ4v) is 3.09. The number of carbonyl (C=O) groups is 1. The molecule has 27 heavy (non-hydrogen) atoms. The van der Waals surface area contributed by atoms with Crippen LogP contribution < -0.4 is 15.5 Å². The lowest BCUT2D eigenvalue weighted by molar-refractivity contribution is -0.119. The van der Waals surface area contributed by atoms with Crippen LogP contribution in [0.4, 0.5) is 17.2 Å². The Morgan fingerprint density at radius 3 is 2.59 bits per heavy atom. The molecule has 1 amide bonds. The van der Waals surface area contributed by atoms with E-state index in [0.717, 1.165) is 22.8 Å². The van der Waals surface area contributed by atoms with Crippen molar-refractivity contribution >= 4 is 29.4 Å². The topological polar surface area (TPSA) is 74.6 Å². The molecule has 0 aliphatic carbocycles. The van der Waals surface area contributed by atoms with Crippen LogP contribution in [0.25, 0.3) is 0 Å². The van der Waals surface area contributed by atoms with E-state index in [1.54, 1.807) is 17.2 Å². The molecule has 7 nitrogen and oxygen atoms in total. The molecule has 0 fully saturated rings. The first-order chi connectivity index (χ1) is 13.2. The molecule has 0 saturated heterocycles. The fraction of sp³-hybridized carbons (Fsp3) is 0.150. The maximum absolute atomic E-state index is 13.2. The number of hydrogen-bond donors (Lipinski definition) is 2. The van der Waals surface area contributed by atoms with Crippen molar-refractivity contribution in [1.82, 2.24) is 9.78 Å². The summed E-state index contributed by atoms with van der Waals surface area (Å²) in [5.74, 6) is 0.601. The highest BCUT2D eigenvalue weighted by Crippen LogP contribution is 2.28. The summed E-state index contributed by atoms with van der Waals surface area (Å²) in [6, 6.07) is 19.2. The molecular formula is C20H20N6O. The summed E-state index contributed by atoms with van der Waals surface area (Å²) < 4.78 is 1.70. The van der Waals surface area contributed by atoms with Crippen molar-refractivity contribution < 1.29 is 4.79 Å². The second-order valence-corrected chi connectivity index (χ2v) is 6.25. The number of benzene rings is 2. The van der Waals surface area contributed by atoms with Gasteiger partial charge < -0.3 is 15.5 Å². The Balaban J connectivity index is 1.71. The number of rotatable bonds is 5. The molecule has 4 rings (SSSR count). The van der Waals surface area contributed by atoms with Crippen molar-refractivity contribution in [3.63, 3.8) is 0 Å². The number of anilines is 3. The Morgan fingerprint density at radius 2 is 1.85 bits per heavy atom. The predicted molar refractivity (Wildman–Crippen MR) is 107 cm³/mol. The fourth-order valence-electron chi connectivity index (χ4n) is 3.09. The minimum atomic E-state index is -0.671. The lowest BCUT2D eigenvalue weighted by Crippen LogP contribution is -2.40. The van der Waals surface area contributed by atoms with Gasteiger partial charge in [0.25, 0.3) is 5.91 Å². The monoisotopic (exact) mass is 360 g/mol. The Kier molecular flexibility index (Phi) is 4.57. The summed E-state index contributed by atoms with van der Waals surface area (Å²) in [4.78, 5) is 19.3. The van der Waals surface area contributed by atoms with Gasteiger partial charge in [-0.15, -0.1) is 0 Å². The number of aromatic nitrogens is 2. The summed E-state index contributed by atoms with van der Waals surface area (Å²) in [5, 5.41) is 10.6. The van der Waals surface area contributed by atoms with Crippen molar-refractivity contribution in [2.45, 2.75) is 12.7 Å². The zero-order valence-corrected chi connectivity index (χ0v) is 14.9. The van der Waals surface area contributed by atoms with E-state index < -0.39 is 6.17 Å². The number of aliphatic imine (C=N–C) groups is 1. The quantitative estimate of drug-likeness (QED) is 0.733. The second kappa shape index (κ2) is 7.33. The molecule has 1 aromatic heterocycles. The number of nitrogens with zero attached hydrogens (tertiary/aromatic N) is 4. The van der Waals surface area contributed by atoms with Crippen molar-refractivity contribution in [2.75, 3.05) is 22.6 Å². The van der Waals surface area contributed by atoms with Gasteiger partial charge in [-0.05, 0) is 24.3 Å². The Hall–Kier alpha value is -3.61. The second-order valence-electron chi connectivity index (χ2n) is 6.25. The van der Waals surface area contributed by atoms with Crippen LogP contribution in [0.2, 0.25) is 0 Å². The van der Waals surface area contributed by atoms with Crippen LogP contribution >= 0.6 is 0 Å². The van der Waals surface area contributed by atoms with Gasteiger partial charge in [0, 0.05) is 24.0 Å². The average Bonchev–Trinajstić information content (AvgIpc) is 3.13. The Morgan fingerprint density at radius 1 is 1.15 bits per heavy atom. The van der Waals surface area contributed by atoms with E-state index in [-0.39, 0.29) is 5.91 Å². The highest BCUT2D eigenvalue weighted by molar-refractivity contribution is 5.96. The molecule has 3 aromatic rings. The van der Waals surface area contributed by atoms with Gasteiger partial charge in [0.15, 0.2) is 0 Å². The third kappa shape index (κ3) is 3.39. The van der Waals surface area contributed by atoms with Gasteiger partial charge in [-0.1, -0.05) is 36.4 Å². The highest BCUT2D eigenvalue weighted by Gasteiger charge is 2.30. The standard InChI is InChI=1S/C20H20N6O/c1-25(17-10-6-3-7-11-17)20(19(27)24-16-8-4-2-5-9-16)26-18-15(13-23-26)12-21-14-22-18/h2-11,13-14,20H,12H2,1H3,(H,21,22)(H,24,27). The Bertz CT molecular complexity index is 951. The largest absolute Gasteiger partial charge is 0.345 e. The lowest BCUT2D eigenvalue weighted by atomic mass is 10.2. The maximum Gasteiger partial charge on any atom is 0.269 e. The number of nitrogens with one attached hydrogen (secondary N) is 2. The zero-order valence-electron chi connectivity index (χ0n) is 14.9. The van der Waals surface area contributed by atoms with Crippen molar-refractivity contribution in [2.24, 2.45) is 4.99 Å². The lowest BCUT2D eigenvalue weighted by Gasteiger charge is -2.30. The van der Waals surface area contributed by atoms with Crippen LogP contribution in [0, 0.1) is 0 Å². The van der Waals surface area contributed by atoms with Crippen molar-refractivity contribution in [3.8, 4) is 0 Å². The van der Waals surface area contributed by atoms with Crippen LogP contribution in [0.3, 0.4) is 0 Å². The van der Waals surface area contributed by atoms with E-state index in [4.69, 9.17) is 0 Å². The number of fused-ring (bicyclic) bond motifs is 1. The molecule has 2 N–H and O–H groups in total. The number of hydrogen-bond acceptors (Lipinski definition) is 5. The summed E-state index contributed by atoms with van der Waals surface area (Å²) in [7, 11) is 1.88. The van der Waals surface area contributed by atoms with Gasteiger partial charge >= 0.3 is 0 Å². The Labute approximate surface area is 157 Å². The van der Waals surface area contributed by atoms with Gasteiger partial charge in [-0.3, -0.25) is 9.79 Å². The predicted octanol–water partition coefficient (Wildman–Crippen LogP) is 3.11. The molecule has 0 spiro atoms. The summed E-state index contributed by atoms with van der Waals surface area (Å²) in [6.07, 6.45) is 2.71. The van der Waals surface area contributed by atoms with Crippen LogP contribution in [0.5, 0.6) is 0 Å². The van der Waals surface area contributed by atoms with Crippen molar-refractivity contribution in [3.05, 3.63) is 72.4 Å². The normalized spacial score (nSPS) is 13.4. The van der Waals surface area contributed by atoms with E-state index in [9.17, 15) is 4.79 Å². The van der Waals surface area contributed by atoms with E-state index in [1.165, 1.54) is 0 Å². The molecule has 0 radical (unpaired) electrons. The van der Waals surface area contributed by atoms with Gasteiger partial charge in [0.05, 0.1) is 19.1 Å². The maximum atomic E-state index is 13.2. The van der Waals surface area contributed by atoms with E-state index in [0.29, 0.717) is 6.54 Å². The first-order valence-electron chi connectivity index (χ1n) is 8.69. The minimum Gasteiger partial charge on any atom is -0.345 e. The van der Waals surface area contributed by atoms with E-state index in [1.807, 2.05) is 72.6 Å². The molecule has 1 aliphatic heterocycles. The SMILES string of the molecule is CN(c1ccccc1)C(C(=O)Nc1ccccc1)n1ncc2c1NC=NC2.